The summed E-state index contributed by atoms with van der Waals surface area (Å²) >= 11 is 0. The topological polar surface area (TPSA) is 68.2 Å². The minimum Gasteiger partial charge on any atom is -0.377 e. The van der Waals surface area contributed by atoms with Gasteiger partial charge in [0.2, 0.25) is 5.91 Å². The van der Waals surface area contributed by atoms with Gasteiger partial charge in [0.1, 0.15) is 5.54 Å². The van der Waals surface area contributed by atoms with E-state index in [-0.39, 0.29) is 5.91 Å². The maximum atomic E-state index is 13.1. The summed E-state index contributed by atoms with van der Waals surface area (Å²) < 4.78 is 7.34. The Kier molecular flexibility index (Phi) is 5.83. The van der Waals surface area contributed by atoms with E-state index in [4.69, 9.17) is 4.74 Å². The van der Waals surface area contributed by atoms with E-state index in [1.165, 1.54) is 0 Å². The molecule has 0 saturated carbocycles. The molecule has 0 spiro atoms. The van der Waals surface area contributed by atoms with Crippen molar-refractivity contribution in [1.82, 2.24) is 20.4 Å². The Hall–Kier alpha value is -2.18. The highest BCUT2D eigenvalue weighted by Gasteiger charge is 2.41. The molecule has 1 fully saturated rings. The third-order valence-electron chi connectivity index (χ3n) is 4.82. The van der Waals surface area contributed by atoms with E-state index >= 15 is 0 Å². The molecule has 1 saturated heterocycles. The van der Waals surface area contributed by atoms with Crippen molar-refractivity contribution in [1.29, 1.82) is 0 Å². The SMILES string of the molecule is CCOCc1ccccc1CNC(=O)C1(n2cccn2)CCNCC1. The van der Waals surface area contributed by atoms with Crippen molar-refractivity contribution in [3.8, 4) is 0 Å². The number of rotatable bonds is 7. The summed E-state index contributed by atoms with van der Waals surface area (Å²) in [5.74, 6) is 0.0314. The van der Waals surface area contributed by atoms with Crippen LogP contribution in [0.1, 0.15) is 30.9 Å². The number of piperidine rings is 1. The molecule has 1 aliphatic heterocycles. The summed E-state index contributed by atoms with van der Waals surface area (Å²) in [4.78, 5) is 13.1. The van der Waals surface area contributed by atoms with Crippen molar-refractivity contribution in [2.45, 2.75) is 38.5 Å². The largest absolute Gasteiger partial charge is 0.377 e. The van der Waals surface area contributed by atoms with Crippen molar-refractivity contribution in [3.63, 3.8) is 0 Å². The summed E-state index contributed by atoms with van der Waals surface area (Å²) in [7, 11) is 0. The molecule has 1 amide bonds. The van der Waals surface area contributed by atoms with Gasteiger partial charge in [-0.3, -0.25) is 9.48 Å². The first-order valence-electron chi connectivity index (χ1n) is 8.90. The first kappa shape index (κ1) is 17.6. The molecule has 3 rings (SSSR count). The molecule has 2 N–H and O–H groups in total. The van der Waals surface area contributed by atoms with E-state index in [2.05, 4.69) is 15.7 Å². The number of benzene rings is 1. The van der Waals surface area contributed by atoms with Crippen LogP contribution >= 0.6 is 0 Å². The highest BCUT2D eigenvalue weighted by Crippen LogP contribution is 2.27. The standard InChI is InChI=1S/C19H26N4O2/c1-2-25-15-17-7-4-3-6-16(17)14-21-18(24)19(8-11-20-12-9-19)23-13-5-10-22-23/h3-7,10,13,20H,2,8-9,11-12,14-15H2,1H3,(H,21,24). The maximum Gasteiger partial charge on any atom is 0.248 e. The van der Waals surface area contributed by atoms with Crippen LogP contribution in [0.2, 0.25) is 0 Å². The van der Waals surface area contributed by atoms with Crippen LogP contribution in [0.25, 0.3) is 0 Å². The minimum absolute atomic E-state index is 0.0314. The Bertz CT molecular complexity index is 678. The number of carbonyl (C=O) groups excluding carboxylic acids is 1. The van der Waals surface area contributed by atoms with E-state index in [1.54, 1.807) is 6.20 Å². The number of ether oxygens (including phenoxy) is 1. The van der Waals surface area contributed by atoms with Crippen LogP contribution in [0.15, 0.2) is 42.7 Å². The molecular weight excluding hydrogens is 316 g/mol. The van der Waals surface area contributed by atoms with Crippen LogP contribution in [-0.2, 0) is 28.2 Å². The molecular formula is C19H26N4O2. The Morgan fingerprint density at radius 1 is 1.28 bits per heavy atom. The quantitative estimate of drug-likeness (QED) is 0.805. The average molecular weight is 342 g/mol. The number of hydrogen-bond donors (Lipinski definition) is 2. The van der Waals surface area contributed by atoms with Crippen molar-refractivity contribution in [2.24, 2.45) is 0 Å². The van der Waals surface area contributed by atoms with Gasteiger partial charge < -0.3 is 15.4 Å². The van der Waals surface area contributed by atoms with Crippen LogP contribution in [0.3, 0.4) is 0 Å². The van der Waals surface area contributed by atoms with Gasteiger partial charge in [-0.15, -0.1) is 0 Å². The summed E-state index contributed by atoms with van der Waals surface area (Å²) in [6, 6.07) is 9.94. The highest BCUT2D eigenvalue weighted by atomic mass is 16.5. The van der Waals surface area contributed by atoms with Crippen LogP contribution in [0.5, 0.6) is 0 Å². The molecule has 6 heteroatoms. The second-order valence-corrected chi connectivity index (χ2v) is 6.32. The minimum atomic E-state index is -0.608. The zero-order valence-corrected chi connectivity index (χ0v) is 14.7. The molecule has 1 aliphatic rings. The molecule has 134 valence electrons. The Balaban J connectivity index is 1.73. The second kappa shape index (κ2) is 8.27. The van der Waals surface area contributed by atoms with Crippen LogP contribution < -0.4 is 10.6 Å². The van der Waals surface area contributed by atoms with Gasteiger partial charge in [-0.25, -0.2) is 0 Å². The molecule has 6 nitrogen and oxygen atoms in total. The molecule has 0 unspecified atom stereocenters. The number of nitrogens with one attached hydrogen (secondary N) is 2. The molecule has 1 aromatic heterocycles. The van der Waals surface area contributed by atoms with Gasteiger partial charge in [0.15, 0.2) is 0 Å². The number of hydrogen-bond acceptors (Lipinski definition) is 4. The number of carbonyl (C=O) groups is 1. The molecule has 0 atom stereocenters. The first-order valence-corrected chi connectivity index (χ1v) is 8.90. The third kappa shape index (κ3) is 3.91. The molecule has 25 heavy (non-hydrogen) atoms. The van der Waals surface area contributed by atoms with Gasteiger partial charge in [-0.05, 0) is 50.0 Å². The second-order valence-electron chi connectivity index (χ2n) is 6.32. The van der Waals surface area contributed by atoms with Gasteiger partial charge >= 0.3 is 0 Å². The normalized spacial score (nSPS) is 16.5. The fourth-order valence-corrected chi connectivity index (χ4v) is 3.35. The van der Waals surface area contributed by atoms with Gasteiger partial charge in [0.05, 0.1) is 6.61 Å². The number of amides is 1. The number of nitrogens with zero attached hydrogens (tertiary/aromatic N) is 2. The highest BCUT2D eigenvalue weighted by molar-refractivity contribution is 5.84. The molecule has 2 aromatic rings. The summed E-state index contributed by atoms with van der Waals surface area (Å²) in [6.45, 7) is 5.35. The van der Waals surface area contributed by atoms with Crippen molar-refractivity contribution < 1.29 is 9.53 Å². The fraction of sp³-hybridized carbons (Fsp3) is 0.474. The Labute approximate surface area is 148 Å². The van der Waals surface area contributed by atoms with Crippen molar-refractivity contribution >= 4 is 5.91 Å². The molecule has 2 heterocycles. The zero-order chi connectivity index (χ0) is 17.5. The van der Waals surface area contributed by atoms with Gasteiger partial charge in [-0.1, -0.05) is 24.3 Å². The summed E-state index contributed by atoms with van der Waals surface area (Å²) in [6.07, 6.45) is 5.09. The van der Waals surface area contributed by atoms with Gasteiger partial charge in [0.25, 0.3) is 0 Å². The Morgan fingerprint density at radius 2 is 2.04 bits per heavy atom. The van der Waals surface area contributed by atoms with E-state index in [0.717, 1.165) is 37.1 Å². The monoisotopic (exact) mass is 342 g/mol. The van der Waals surface area contributed by atoms with Crippen LogP contribution in [-0.4, -0.2) is 35.4 Å². The van der Waals surface area contributed by atoms with Crippen LogP contribution in [0, 0.1) is 0 Å². The Morgan fingerprint density at radius 3 is 2.72 bits per heavy atom. The lowest BCUT2D eigenvalue weighted by molar-refractivity contribution is -0.132. The van der Waals surface area contributed by atoms with Crippen LogP contribution in [0.4, 0.5) is 0 Å². The smallest absolute Gasteiger partial charge is 0.248 e. The van der Waals surface area contributed by atoms with Crippen molar-refractivity contribution in [2.75, 3.05) is 19.7 Å². The molecule has 0 radical (unpaired) electrons. The lowest BCUT2D eigenvalue weighted by atomic mass is 9.87. The fourth-order valence-electron chi connectivity index (χ4n) is 3.35. The average Bonchev–Trinajstić information content (AvgIpc) is 3.21. The number of aromatic nitrogens is 2. The third-order valence-corrected chi connectivity index (χ3v) is 4.82. The first-order chi connectivity index (χ1) is 12.3. The predicted molar refractivity (Wildman–Crippen MR) is 95.9 cm³/mol. The van der Waals surface area contributed by atoms with E-state index in [1.807, 2.05) is 48.1 Å². The lowest BCUT2D eigenvalue weighted by Gasteiger charge is -2.36. The van der Waals surface area contributed by atoms with E-state index in [0.29, 0.717) is 19.8 Å². The van der Waals surface area contributed by atoms with Gasteiger partial charge in [0, 0.05) is 25.5 Å². The summed E-state index contributed by atoms with van der Waals surface area (Å²) in [5.41, 5.74) is 1.60. The maximum absolute atomic E-state index is 13.1. The lowest BCUT2D eigenvalue weighted by Crippen LogP contribution is -2.54. The van der Waals surface area contributed by atoms with E-state index in [9.17, 15) is 4.79 Å². The zero-order valence-electron chi connectivity index (χ0n) is 14.7. The predicted octanol–water partition coefficient (Wildman–Crippen LogP) is 1.81. The van der Waals surface area contributed by atoms with E-state index < -0.39 is 5.54 Å². The van der Waals surface area contributed by atoms with Gasteiger partial charge in [-0.2, -0.15) is 5.10 Å². The summed E-state index contributed by atoms with van der Waals surface area (Å²) in [5, 5.41) is 10.8. The van der Waals surface area contributed by atoms with Crippen molar-refractivity contribution in [3.05, 3.63) is 53.9 Å². The molecule has 1 aromatic carbocycles. The molecule has 0 bridgehead atoms. The molecule has 0 aliphatic carbocycles.